The summed E-state index contributed by atoms with van der Waals surface area (Å²) in [6.45, 7) is 5.60. The minimum Gasteiger partial charge on any atom is -0.462 e. The van der Waals surface area contributed by atoms with E-state index in [1.807, 2.05) is 0 Å². The Kier molecular flexibility index (Phi) is 6.49. The van der Waals surface area contributed by atoms with Gasteiger partial charge in [-0.1, -0.05) is 26.0 Å². The van der Waals surface area contributed by atoms with Crippen LogP contribution in [0.5, 0.6) is 0 Å². The fourth-order valence-electron chi connectivity index (χ4n) is 2.17. The zero-order valence-electron chi connectivity index (χ0n) is 15.0. The van der Waals surface area contributed by atoms with E-state index in [-0.39, 0.29) is 24.3 Å². The Morgan fingerprint density at radius 1 is 0.923 bits per heavy atom. The van der Waals surface area contributed by atoms with E-state index in [9.17, 15) is 14.4 Å². The number of rotatable bonds is 6. The highest BCUT2D eigenvalue weighted by molar-refractivity contribution is 6.06. The van der Waals surface area contributed by atoms with E-state index < -0.39 is 5.97 Å². The van der Waals surface area contributed by atoms with Crippen LogP contribution < -0.4 is 10.6 Å². The predicted octanol–water partition coefficient (Wildman–Crippen LogP) is 3.71. The third-order valence-electron chi connectivity index (χ3n) is 3.55. The predicted molar refractivity (Wildman–Crippen MR) is 100 cm³/mol. The number of esters is 1. The molecule has 0 aliphatic heterocycles. The van der Waals surface area contributed by atoms with Gasteiger partial charge in [0, 0.05) is 22.9 Å². The molecule has 0 aliphatic carbocycles. The second kappa shape index (κ2) is 8.80. The molecule has 2 rings (SSSR count). The Balaban J connectivity index is 2.12. The molecule has 0 bridgehead atoms. The van der Waals surface area contributed by atoms with Crippen molar-refractivity contribution in [3.05, 3.63) is 59.7 Å². The third kappa shape index (κ3) is 5.17. The van der Waals surface area contributed by atoms with Crippen LogP contribution in [-0.4, -0.2) is 24.4 Å². The van der Waals surface area contributed by atoms with Crippen LogP contribution >= 0.6 is 0 Å². The van der Waals surface area contributed by atoms with Crippen LogP contribution in [0.2, 0.25) is 0 Å². The van der Waals surface area contributed by atoms with Gasteiger partial charge in [-0.2, -0.15) is 0 Å². The largest absolute Gasteiger partial charge is 0.462 e. The fourth-order valence-corrected chi connectivity index (χ4v) is 2.17. The van der Waals surface area contributed by atoms with Gasteiger partial charge < -0.3 is 15.4 Å². The van der Waals surface area contributed by atoms with Crippen LogP contribution in [0.4, 0.5) is 11.4 Å². The summed E-state index contributed by atoms with van der Waals surface area (Å²) in [6, 6.07) is 13.2. The molecule has 6 heteroatoms. The molecule has 0 heterocycles. The van der Waals surface area contributed by atoms with Gasteiger partial charge >= 0.3 is 5.97 Å². The summed E-state index contributed by atoms with van der Waals surface area (Å²) in [7, 11) is 0. The van der Waals surface area contributed by atoms with E-state index in [2.05, 4.69) is 10.6 Å². The Labute approximate surface area is 152 Å². The van der Waals surface area contributed by atoms with E-state index in [0.717, 1.165) is 0 Å². The summed E-state index contributed by atoms with van der Waals surface area (Å²) in [4.78, 5) is 36.0. The first-order valence-electron chi connectivity index (χ1n) is 8.40. The first-order chi connectivity index (χ1) is 12.4. The summed E-state index contributed by atoms with van der Waals surface area (Å²) in [5.41, 5.74) is 1.80. The molecule has 0 atom stereocenters. The molecular formula is C20H22N2O4. The highest BCUT2D eigenvalue weighted by Crippen LogP contribution is 2.16. The van der Waals surface area contributed by atoms with E-state index in [0.29, 0.717) is 22.5 Å². The number of carbonyl (C=O) groups is 3. The average Bonchev–Trinajstić information content (AvgIpc) is 2.62. The molecule has 0 saturated heterocycles. The Bertz CT molecular complexity index is 815. The lowest BCUT2D eigenvalue weighted by Crippen LogP contribution is -2.18. The standard InChI is InChI=1S/C20H22N2O4/c1-4-26-20(25)15-8-6-10-17(12-15)22-19(24)14-7-5-9-16(11-14)21-18(23)13(2)3/h5-13H,4H2,1-3H3,(H,21,23)(H,22,24). The molecule has 0 saturated carbocycles. The van der Waals surface area contributed by atoms with Crippen molar-refractivity contribution in [2.45, 2.75) is 20.8 Å². The van der Waals surface area contributed by atoms with Crippen molar-refractivity contribution in [2.75, 3.05) is 17.2 Å². The molecule has 2 aromatic carbocycles. The van der Waals surface area contributed by atoms with Crippen molar-refractivity contribution in [1.82, 2.24) is 0 Å². The molecule has 0 spiro atoms. The van der Waals surface area contributed by atoms with E-state index >= 15 is 0 Å². The van der Waals surface area contributed by atoms with Gasteiger partial charge in [0.15, 0.2) is 0 Å². The van der Waals surface area contributed by atoms with Crippen LogP contribution in [0, 0.1) is 5.92 Å². The summed E-state index contributed by atoms with van der Waals surface area (Å²) >= 11 is 0. The van der Waals surface area contributed by atoms with Crippen molar-refractivity contribution in [2.24, 2.45) is 5.92 Å². The molecule has 2 N–H and O–H groups in total. The van der Waals surface area contributed by atoms with Gasteiger partial charge in [-0.05, 0) is 43.3 Å². The van der Waals surface area contributed by atoms with Crippen molar-refractivity contribution < 1.29 is 19.1 Å². The smallest absolute Gasteiger partial charge is 0.338 e. The minimum atomic E-state index is -0.443. The molecule has 136 valence electrons. The summed E-state index contributed by atoms with van der Waals surface area (Å²) < 4.78 is 4.95. The zero-order valence-corrected chi connectivity index (χ0v) is 15.0. The van der Waals surface area contributed by atoms with Gasteiger partial charge in [-0.25, -0.2) is 4.79 Å². The molecule has 2 amide bonds. The highest BCUT2D eigenvalue weighted by atomic mass is 16.5. The number of benzene rings is 2. The molecule has 0 unspecified atom stereocenters. The van der Waals surface area contributed by atoms with E-state index in [1.54, 1.807) is 69.3 Å². The fraction of sp³-hybridized carbons (Fsp3) is 0.250. The van der Waals surface area contributed by atoms with Gasteiger partial charge in [-0.15, -0.1) is 0 Å². The van der Waals surface area contributed by atoms with E-state index in [1.165, 1.54) is 0 Å². The summed E-state index contributed by atoms with van der Waals surface area (Å²) in [5.74, 6) is -1.06. The molecule has 26 heavy (non-hydrogen) atoms. The number of carbonyl (C=O) groups excluding carboxylic acids is 3. The van der Waals surface area contributed by atoms with Gasteiger partial charge in [0.1, 0.15) is 0 Å². The number of anilines is 2. The van der Waals surface area contributed by atoms with Crippen LogP contribution in [0.3, 0.4) is 0 Å². The minimum absolute atomic E-state index is 0.121. The lowest BCUT2D eigenvalue weighted by atomic mass is 10.1. The summed E-state index contributed by atoms with van der Waals surface area (Å²) in [6.07, 6.45) is 0. The molecule has 2 aromatic rings. The average molecular weight is 354 g/mol. The Morgan fingerprint density at radius 2 is 1.50 bits per heavy atom. The Hall–Kier alpha value is -3.15. The van der Waals surface area contributed by atoms with Crippen molar-refractivity contribution in [3.8, 4) is 0 Å². The maximum absolute atomic E-state index is 12.5. The molecule has 6 nitrogen and oxygen atoms in total. The monoisotopic (exact) mass is 354 g/mol. The number of amides is 2. The molecular weight excluding hydrogens is 332 g/mol. The third-order valence-corrected chi connectivity index (χ3v) is 3.55. The lowest BCUT2D eigenvalue weighted by Gasteiger charge is -2.10. The molecule has 0 fully saturated rings. The number of hydrogen-bond donors (Lipinski definition) is 2. The zero-order chi connectivity index (χ0) is 19.1. The molecule has 0 aliphatic rings. The first-order valence-corrected chi connectivity index (χ1v) is 8.40. The van der Waals surface area contributed by atoms with Crippen LogP contribution in [0.25, 0.3) is 0 Å². The summed E-state index contributed by atoms with van der Waals surface area (Å²) in [5, 5.41) is 5.50. The van der Waals surface area contributed by atoms with Gasteiger partial charge in [0.05, 0.1) is 12.2 Å². The van der Waals surface area contributed by atoms with E-state index in [4.69, 9.17) is 4.74 Å². The Morgan fingerprint density at radius 3 is 2.12 bits per heavy atom. The topological polar surface area (TPSA) is 84.5 Å². The molecule has 0 radical (unpaired) electrons. The number of nitrogens with one attached hydrogen (secondary N) is 2. The van der Waals surface area contributed by atoms with Gasteiger partial charge in [0.25, 0.3) is 5.91 Å². The van der Waals surface area contributed by atoms with Crippen molar-refractivity contribution in [1.29, 1.82) is 0 Å². The normalized spacial score (nSPS) is 10.3. The van der Waals surface area contributed by atoms with Crippen LogP contribution in [0.15, 0.2) is 48.5 Å². The molecule has 0 aromatic heterocycles. The number of ether oxygens (including phenoxy) is 1. The SMILES string of the molecule is CCOC(=O)c1cccc(NC(=O)c2cccc(NC(=O)C(C)C)c2)c1. The second-order valence-corrected chi connectivity index (χ2v) is 5.98. The van der Waals surface area contributed by atoms with Gasteiger partial charge in [-0.3, -0.25) is 9.59 Å². The van der Waals surface area contributed by atoms with Gasteiger partial charge in [0.2, 0.25) is 5.91 Å². The number of hydrogen-bond acceptors (Lipinski definition) is 4. The van der Waals surface area contributed by atoms with Crippen LogP contribution in [-0.2, 0) is 9.53 Å². The lowest BCUT2D eigenvalue weighted by molar-refractivity contribution is -0.118. The quantitative estimate of drug-likeness (QED) is 0.775. The maximum atomic E-state index is 12.5. The van der Waals surface area contributed by atoms with Crippen molar-refractivity contribution in [3.63, 3.8) is 0 Å². The van der Waals surface area contributed by atoms with Crippen LogP contribution in [0.1, 0.15) is 41.5 Å². The second-order valence-electron chi connectivity index (χ2n) is 5.98. The first kappa shape index (κ1) is 19.2. The maximum Gasteiger partial charge on any atom is 0.338 e. The highest BCUT2D eigenvalue weighted by Gasteiger charge is 2.12. The van der Waals surface area contributed by atoms with Crippen molar-refractivity contribution >= 4 is 29.2 Å².